The molecule has 1 aromatic rings. The number of amides is 2. The quantitative estimate of drug-likeness (QED) is 0.381. The molecule has 1 heterocycles. The number of hydrogen-bond acceptors (Lipinski definition) is 3. The van der Waals surface area contributed by atoms with Crippen LogP contribution >= 0.6 is 0 Å². The van der Waals surface area contributed by atoms with Crippen molar-refractivity contribution in [2.24, 2.45) is 10.9 Å². The largest absolute Gasteiger partial charge is 0.356 e. The highest BCUT2D eigenvalue weighted by Gasteiger charge is 2.27. The van der Waals surface area contributed by atoms with E-state index in [0.29, 0.717) is 25.2 Å². The van der Waals surface area contributed by atoms with Crippen LogP contribution in [0.4, 0.5) is 0 Å². The maximum atomic E-state index is 12.1. The minimum absolute atomic E-state index is 0.0345. The van der Waals surface area contributed by atoms with Gasteiger partial charge >= 0.3 is 0 Å². The van der Waals surface area contributed by atoms with Crippen LogP contribution in [0.3, 0.4) is 0 Å². The van der Waals surface area contributed by atoms with Crippen LogP contribution in [-0.2, 0) is 4.79 Å². The Morgan fingerprint density at radius 3 is 2.56 bits per heavy atom. The molecule has 0 spiro atoms. The van der Waals surface area contributed by atoms with Gasteiger partial charge < -0.3 is 20.9 Å². The number of aliphatic imine (C=N–C) groups is 1. The number of hydrogen-bond donors (Lipinski definition) is 3. The lowest BCUT2D eigenvalue weighted by Crippen LogP contribution is -2.45. The lowest BCUT2D eigenvalue weighted by Gasteiger charge is -2.20. The standard InChI is InChI=1S/C20H31N5O2/c1-15(2)19(27)25-13-10-17(14-25)24-20(21-3)23-12-7-11-22-18(26)16-8-5-4-6-9-16/h4-6,8-9,15,17H,7,10-14H2,1-3H3,(H,22,26)(H2,21,23,24). The van der Waals surface area contributed by atoms with Gasteiger partial charge in [-0.05, 0) is 25.0 Å². The first-order valence-corrected chi connectivity index (χ1v) is 9.60. The van der Waals surface area contributed by atoms with E-state index in [2.05, 4.69) is 20.9 Å². The van der Waals surface area contributed by atoms with Gasteiger partial charge in [0, 0.05) is 50.7 Å². The zero-order valence-corrected chi connectivity index (χ0v) is 16.5. The molecule has 1 aliphatic rings. The summed E-state index contributed by atoms with van der Waals surface area (Å²) in [6, 6.07) is 9.41. The van der Waals surface area contributed by atoms with Gasteiger partial charge in [0.15, 0.2) is 5.96 Å². The summed E-state index contributed by atoms with van der Waals surface area (Å²) >= 11 is 0. The van der Waals surface area contributed by atoms with Crippen molar-refractivity contribution in [3.8, 4) is 0 Å². The zero-order chi connectivity index (χ0) is 19.6. The van der Waals surface area contributed by atoms with Crippen LogP contribution in [-0.4, -0.2) is 61.9 Å². The average Bonchev–Trinajstić information content (AvgIpc) is 3.15. The van der Waals surface area contributed by atoms with E-state index in [-0.39, 0.29) is 23.8 Å². The molecule has 148 valence electrons. The Morgan fingerprint density at radius 1 is 1.19 bits per heavy atom. The minimum atomic E-state index is -0.0565. The van der Waals surface area contributed by atoms with E-state index in [0.717, 1.165) is 25.3 Å². The molecular formula is C20H31N5O2. The highest BCUT2D eigenvalue weighted by atomic mass is 16.2. The van der Waals surface area contributed by atoms with Gasteiger partial charge in [-0.3, -0.25) is 14.6 Å². The molecule has 1 unspecified atom stereocenters. The fourth-order valence-corrected chi connectivity index (χ4v) is 3.02. The van der Waals surface area contributed by atoms with Crippen molar-refractivity contribution in [1.82, 2.24) is 20.9 Å². The van der Waals surface area contributed by atoms with E-state index in [4.69, 9.17) is 0 Å². The van der Waals surface area contributed by atoms with E-state index in [1.165, 1.54) is 0 Å². The summed E-state index contributed by atoms with van der Waals surface area (Å²) in [6.07, 6.45) is 1.72. The molecule has 2 rings (SSSR count). The van der Waals surface area contributed by atoms with Crippen molar-refractivity contribution < 1.29 is 9.59 Å². The molecule has 1 saturated heterocycles. The summed E-state index contributed by atoms with van der Waals surface area (Å²) in [5, 5.41) is 9.54. The Labute approximate surface area is 161 Å². The van der Waals surface area contributed by atoms with Gasteiger partial charge in [0.05, 0.1) is 0 Å². The van der Waals surface area contributed by atoms with E-state index < -0.39 is 0 Å². The summed E-state index contributed by atoms with van der Waals surface area (Å²) in [4.78, 5) is 30.2. The van der Waals surface area contributed by atoms with E-state index in [1.54, 1.807) is 19.2 Å². The Balaban J connectivity index is 1.63. The number of rotatable bonds is 7. The zero-order valence-electron chi connectivity index (χ0n) is 16.5. The van der Waals surface area contributed by atoms with Crippen molar-refractivity contribution in [2.75, 3.05) is 33.2 Å². The lowest BCUT2D eigenvalue weighted by molar-refractivity contribution is -0.133. The molecule has 1 aliphatic heterocycles. The lowest BCUT2D eigenvalue weighted by atomic mass is 10.2. The fourth-order valence-electron chi connectivity index (χ4n) is 3.02. The third-order valence-electron chi connectivity index (χ3n) is 4.53. The van der Waals surface area contributed by atoms with Gasteiger partial charge in [0.1, 0.15) is 0 Å². The normalized spacial score (nSPS) is 17.1. The molecule has 27 heavy (non-hydrogen) atoms. The number of nitrogens with zero attached hydrogens (tertiary/aromatic N) is 2. The Kier molecular flexibility index (Phi) is 8.10. The molecule has 0 bridgehead atoms. The number of nitrogens with one attached hydrogen (secondary N) is 3. The van der Waals surface area contributed by atoms with Gasteiger partial charge in [-0.25, -0.2) is 0 Å². The van der Waals surface area contributed by atoms with Crippen LogP contribution in [0.2, 0.25) is 0 Å². The third kappa shape index (κ3) is 6.58. The van der Waals surface area contributed by atoms with Crippen molar-refractivity contribution in [3.63, 3.8) is 0 Å². The molecule has 2 amide bonds. The third-order valence-corrected chi connectivity index (χ3v) is 4.53. The molecule has 1 atom stereocenters. The average molecular weight is 374 g/mol. The number of carbonyl (C=O) groups excluding carboxylic acids is 2. The van der Waals surface area contributed by atoms with Gasteiger partial charge in [0.25, 0.3) is 5.91 Å². The van der Waals surface area contributed by atoms with E-state index >= 15 is 0 Å². The molecule has 0 aromatic heterocycles. The highest BCUT2D eigenvalue weighted by molar-refractivity contribution is 5.94. The number of carbonyl (C=O) groups is 2. The van der Waals surface area contributed by atoms with Crippen LogP contribution in [0.15, 0.2) is 35.3 Å². The first kappa shape index (κ1) is 20.7. The van der Waals surface area contributed by atoms with Crippen molar-refractivity contribution in [3.05, 3.63) is 35.9 Å². The SMILES string of the molecule is CN=C(NCCCNC(=O)c1ccccc1)NC1CCN(C(=O)C(C)C)C1. The predicted octanol–water partition coefficient (Wildman–Crippen LogP) is 1.23. The highest BCUT2D eigenvalue weighted by Crippen LogP contribution is 2.12. The van der Waals surface area contributed by atoms with E-state index in [9.17, 15) is 9.59 Å². The summed E-state index contributed by atoms with van der Waals surface area (Å²) in [5.74, 6) is 0.913. The summed E-state index contributed by atoms with van der Waals surface area (Å²) < 4.78 is 0. The molecule has 1 aromatic carbocycles. The van der Waals surface area contributed by atoms with Crippen LogP contribution in [0.1, 0.15) is 37.0 Å². The van der Waals surface area contributed by atoms with Gasteiger partial charge in [0.2, 0.25) is 5.91 Å². The number of benzene rings is 1. The Morgan fingerprint density at radius 2 is 1.89 bits per heavy atom. The van der Waals surface area contributed by atoms with Crippen LogP contribution < -0.4 is 16.0 Å². The molecule has 3 N–H and O–H groups in total. The molecular weight excluding hydrogens is 342 g/mol. The first-order valence-electron chi connectivity index (χ1n) is 9.60. The Hall–Kier alpha value is -2.57. The minimum Gasteiger partial charge on any atom is -0.356 e. The molecule has 1 fully saturated rings. The monoisotopic (exact) mass is 373 g/mol. The van der Waals surface area contributed by atoms with E-state index in [1.807, 2.05) is 36.9 Å². The van der Waals surface area contributed by atoms with Crippen LogP contribution in [0.25, 0.3) is 0 Å². The number of likely N-dealkylation sites (tertiary alicyclic amines) is 1. The van der Waals surface area contributed by atoms with Crippen molar-refractivity contribution >= 4 is 17.8 Å². The molecule has 0 saturated carbocycles. The van der Waals surface area contributed by atoms with Crippen LogP contribution in [0.5, 0.6) is 0 Å². The molecule has 0 radical (unpaired) electrons. The second kappa shape index (κ2) is 10.5. The Bertz CT molecular complexity index is 645. The molecule has 7 heteroatoms. The smallest absolute Gasteiger partial charge is 0.251 e. The second-order valence-corrected chi connectivity index (χ2v) is 7.04. The second-order valence-electron chi connectivity index (χ2n) is 7.04. The summed E-state index contributed by atoms with van der Waals surface area (Å²) in [5.41, 5.74) is 0.671. The first-order chi connectivity index (χ1) is 13.0. The van der Waals surface area contributed by atoms with Gasteiger partial charge in [-0.2, -0.15) is 0 Å². The predicted molar refractivity (Wildman–Crippen MR) is 108 cm³/mol. The molecule has 0 aliphatic carbocycles. The summed E-state index contributed by atoms with van der Waals surface area (Å²) in [7, 11) is 1.73. The van der Waals surface area contributed by atoms with Crippen molar-refractivity contribution in [2.45, 2.75) is 32.7 Å². The van der Waals surface area contributed by atoms with Gasteiger partial charge in [-0.15, -0.1) is 0 Å². The van der Waals surface area contributed by atoms with Gasteiger partial charge in [-0.1, -0.05) is 32.0 Å². The topological polar surface area (TPSA) is 85.8 Å². The fraction of sp³-hybridized carbons (Fsp3) is 0.550. The number of guanidine groups is 1. The molecule has 7 nitrogen and oxygen atoms in total. The maximum absolute atomic E-state index is 12.1. The van der Waals surface area contributed by atoms with Crippen molar-refractivity contribution in [1.29, 1.82) is 0 Å². The van der Waals surface area contributed by atoms with Crippen LogP contribution in [0, 0.1) is 5.92 Å². The maximum Gasteiger partial charge on any atom is 0.251 e. The summed E-state index contributed by atoms with van der Waals surface area (Å²) in [6.45, 7) is 6.66.